The molecule has 0 fully saturated rings. The molecular formula is C23H48O3Si2. The van der Waals surface area contributed by atoms with Crippen molar-refractivity contribution in [1.82, 2.24) is 0 Å². The summed E-state index contributed by atoms with van der Waals surface area (Å²) in [5.74, 6) is -0.0509. The average molecular weight is 429 g/mol. The highest BCUT2D eigenvalue weighted by molar-refractivity contribution is 6.78. The lowest BCUT2D eigenvalue weighted by atomic mass is 10.2. The zero-order valence-corrected chi connectivity index (χ0v) is 22.2. The minimum Gasteiger partial charge on any atom is -0.518 e. The van der Waals surface area contributed by atoms with E-state index in [0.717, 1.165) is 18.1 Å². The van der Waals surface area contributed by atoms with Crippen molar-refractivity contribution in [2.45, 2.75) is 136 Å². The number of hydrogen-bond donors (Lipinski definition) is 0. The van der Waals surface area contributed by atoms with Crippen molar-refractivity contribution >= 4 is 24.0 Å². The van der Waals surface area contributed by atoms with Crippen molar-refractivity contribution in [2.24, 2.45) is 5.92 Å². The number of unbranched alkanes of at least 4 members (excludes halogenated alkanes) is 6. The van der Waals surface area contributed by atoms with Crippen molar-refractivity contribution in [3.05, 3.63) is 0 Å². The third-order valence-electron chi connectivity index (χ3n) is 5.64. The summed E-state index contributed by atoms with van der Waals surface area (Å²) in [6, 6.07) is 3.01. The van der Waals surface area contributed by atoms with E-state index in [1.165, 1.54) is 51.4 Å². The van der Waals surface area contributed by atoms with Gasteiger partial charge in [0.25, 0.3) is 14.3 Å². The Hall–Kier alpha value is -0.136. The van der Waals surface area contributed by atoms with Crippen LogP contribution in [0.1, 0.15) is 107 Å². The maximum Gasteiger partial charge on any atom is 0.295 e. The van der Waals surface area contributed by atoms with E-state index in [1.54, 1.807) is 0 Å². The van der Waals surface area contributed by atoms with Crippen molar-refractivity contribution in [3.8, 4) is 0 Å². The van der Waals surface area contributed by atoms with Gasteiger partial charge in [0.05, 0.1) is 5.92 Å². The van der Waals surface area contributed by atoms with Crippen LogP contribution in [-0.2, 0) is 13.6 Å². The number of carbonyl (C=O) groups excluding carboxylic acids is 1. The molecule has 28 heavy (non-hydrogen) atoms. The van der Waals surface area contributed by atoms with Crippen LogP contribution >= 0.6 is 0 Å². The molecule has 3 nitrogen and oxygen atoms in total. The van der Waals surface area contributed by atoms with Gasteiger partial charge in [0.15, 0.2) is 0 Å². The Labute approximate surface area is 179 Å². The van der Waals surface area contributed by atoms with E-state index in [4.69, 9.17) is 8.85 Å². The minimum atomic E-state index is -2.17. The van der Waals surface area contributed by atoms with Crippen molar-refractivity contribution in [1.29, 1.82) is 0 Å². The zero-order chi connectivity index (χ0) is 21.6. The molecule has 0 aliphatic heterocycles. The molecular weight excluding hydrogens is 380 g/mol. The molecule has 0 aliphatic rings. The molecule has 0 aromatic rings. The van der Waals surface area contributed by atoms with E-state index in [-0.39, 0.29) is 23.0 Å². The number of rotatable bonds is 16. The zero-order valence-electron chi connectivity index (χ0n) is 20.2. The fourth-order valence-electron chi connectivity index (χ4n) is 3.52. The third kappa shape index (κ3) is 11.2. The molecule has 0 aromatic heterocycles. The van der Waals surface area contributed by atoms with Crippen LogP contribution in [0.15, 0.2) is 0 Å². The standard InChI is InChI=1S/C23H48O3Si2/c1-9-11-13-15-17-28(23(6,7)8,18-16-14-12-10-2)26-22(24)21(5)19-27-25-20(3)4/h20-21H,9-19H2,1-8H3. The first kappa shape index (κ1) is 27.9. The summed E-state index contributed by atoms with van der Waals surface area (Å²) < 4.78 is 12.2. The lowest BCUT2D eigenvalue weighted by Crippen LogP contribution is -2.49. The molecule has 0 heterocycles. The van der Waals surface area contributed by atoms with Gasteiger partial charge in [-0.05, 0) is 37.0 Å². The molecule has 0 saturated heterocycles. The van der Waals surface area contributed by atoms with Gasteiger partial charge < -0.3 is 8.85 Å². The Balaban J connectivity index is 5.14. The van der Waals surface area contributed by atoms with Crippen LogP contribution < -0.4 is 0 Å². The molecule has 0 N–H and O–H groups in total. The van der Waals surface area contributed by atoms with Crippen LogP contribution in [0.3, 0.4) is 0 Å². The van der Waals surface area contributed by atoms with Gasteiger partial charge >= 0.3 is 0 Å². The molecule has 2 radical (unpaired) electrons. The molecule has 0 amide bonds. The Morgan fingerprint density at radius 3 is 1.79 bits per heavy atom. The Morgan fingerprint density at radius 1 is 0.893 bits per heavy atom. The second-order valence-electron chi connectivity index (χ2n) is 9.70. The maximum absolute atomic E-state index is 13.0. The molecule has 1 unspecified atom stereocenters. The molecule has 0 saturated carbocycles. The number of carbonyl (C=O) groups is 1. The number of hydrogen-bond acceptors (Lipinski definition) is 3. The molecule has 0 aliphatic carbocycles. The summed E-state index contributed by atoms with van der Waals surface area (Å²) in [5.41, 5.74) is 0. The normalized spacial score (nSPS) is 13.8. The van der Waals surface area contributed by atoms with Crippen molar-refractivity contribution in [3.63, 3.8) is 0 Å². The van der Waals surface area contributed by atoms with Crippen molar-refractivity contribution < 1.29 is 13.6 Å². The Morgan fingerprint density at radius 2 is 1.39 bits per heavy atom. The molecule has 0 bridgehead atoms. The smallest absolute Gasteiger partial charge is 0.295 e. The van der Waals surface area contributed by atoms with Crippen LogP contribution in [0.2, 0.25) is 23.2 Å². The summed E-state index contributed by atoms with van der Waals surface area (Å²) in [6.45, 7) is 17.5. The van der Waals surface area contributed by atoms with Crippen LogP contribution in [-0.4, -0.2) is 30.2 Å². The first-order chi connectivity index (χ1) is 13.1. The van der Waals surface area contributed by atoms with Gasteiger partial charge in [-0.25, -0.2) is 0 Å². The second kappa shape index (κ2) is 14.8. The molecule has 0 rings (SSSR count). The van der Waals surface area contributed by atoms with Crippen LogP contribution in [0.5, 0.6) is 0 Å². The minimum absolute atomic E-state index is 0.0208. The third-order valence-corrected chi connectivity index (χ3v) is 12.7. The summed E-state index contributed by atoms with van der Waals surface area (Å²) in [6.07, 6.45) is 10.2. The lowest BCUT2D eigenvalue weighted by molar-refractivity contribution is -0.139. The second-order valence-corrected chi connectivity index (χ2v) is 15.3. The fraction of sp³-hybridized carbons (Fsp3) is 0.957. The Kier molecular flexibility index (Phi) is 14.7. The fourth-order valence-corrected chi connectivity index (χ4v) is 8.86. The van der Waals surface area contributed by atoms with Gasteiger partial charge in [-0.2, -0.15) is 0 Å². The highest BCUT2D eigenvalue weighted by Crippen LogP contribution is 2.45. The van der Waals surface area contributed by atoms with E-state index >= 15 is 0 Å². The summed E-state index contributed by atoms with van der Waals surface area (Å²) in [5, 5.41) is 0.0809. The first-order valence-electron chi connectivity index (χ1n) is 11.7. The molecule has 0 spiro atoms. The van der Waals surface area contributed by atoms with Crippen LogP contribution in [0, 0.1) is 5.92 Å². The highest BCUT2D eigenvalue weighted by Gasteiger charge is 2.48. The van der Waals surface area contributed by atoms with Gasteiger partial charge in [-0.15, -0.1) is 0 Å². The SMILES string of the molecule is CCCCCC[Si](CCCCCC)(OC(=O)C(C)C[Si]OC(C)C)C(C)(C)C. The van der Waals surface area contributed by atoms with E-state index in [0.29, 0.717) is 9.76 Å². The maximum atomic E-state index is 13.0. The van der Waals surface area contributed by atoms with E-state index < -0.39 is 8.32 Å². The van der Waals surface area contributed by atoms with Gasteiger partial charge in [-0.1, -0.05) is 92.9 Å². The average Bonchev–Trinajstić information content (AvgIpc) is 2.60. The summed E-state index contributed by atoms with van der Waals surface area (Å²) in [4.78, 5) is 13.0. The highest BCUT2D eigenvalue weighted by atomic mass is 28.4. The van der Waals surface area contributed by atoms with Crippen LogP contribution in [0.4, 0.5) is 0 Å². The first-order valence-corrected chi connectivity index (χ1v) is 15.1. The van der Waals surface area contributed by atoms with Crippen molar-refractivity contribution in [2.75, 3.05) is 0 Å². The van der Waals surface area contributed by atoms with Crippen LogP contribution in [0.25, 0.3) is 0 Å². The van der Waals surface area contributed by atoms with Gasteiger partial charge in [0.1, 0.15) is 0 Å². The van der Waals surface area contributed by atoms with Gasteiger partial charge in [-0.3, -0.25) is 4.79 Å². The largest absolute Gasteiger partial charge is 0.518 e. The Bertz CT molecular complexity index is 393. The molecule has 166 valence electrons. The predicted octanol–water partition coefficient (Wildman–Crippen LogP) is 7.53. The van der Waals surface area contributed by atoms with E-state index in [2.05, 4.69) is 34.6 Å². The lowest BCUT2D eigenvalue weighted by Gasteiger charge is -2.42. The van der Waals surface area contributed by atoms with E-state index in [1.807, 2.05) is 20.8 Å². The van der Waals surface area contributed by atoms with Gasteiger partial charge in [0.2, 0.25) is 9.76 Å². The molecule has 1 atom stereocenters. The molecule has 5 heteroatoms. The van der Waals surface area contributed by atoms with E-state index in [9.17, 15) is 4.79 Å². The monoisotopic (exact) mass is 428 g/mol. The molecule has 0 aromatic carbocycles. The quantitative estimate of drug-likeness (QED) is 0.188. The summed E-state index contributed by atoms with van der Waals surface area (Å²) in [7, 11) is -1.80. The topological polar surface area (TPSA) is 35.5 Å². The predicted molar refractivity (Wildman–Crippen MR) is 125 cm³/mol. The van der Waals surface area contributed by atoms with Gasteiger partial charge in [0, 0.05) is 6.10 Å². The summed E-state index contributed by atoms with van der Waals surface area (Å²) >= 11 is 0.